The van der Waals surface area contributed by atoms with Crippen LogP contribution in [0.2, 0.25) is 0 Å². The third-order valence-electron chi connectivity index (χ3n) is 4.30. The number of guanidine groups is 1. The van der Waals surface area contributed by atoms with Crippen molar-refractivity contribution in [2.75, 3.05) is 7.05 Å². The lowest BCUT2D eigenvalue weighted by atomic mass is 9.94. The van der Waals surface area contributed by atoms with E-state index in [1.54, 1.807) is 7.05 Å². The smallest absolute Gasteiger partial charge is 0.191 e. The number of aromatic nitrogens is 3. The predicted molar refractivity (Wildman–Crippen MR) is 93.0 cm³/mol. The SMILES string of the molecule is CN=C(NCc1cc(C)no1)NC1CCc2cn(C(C)C)nc2C1. The highest BCUT2D eigenvalue weighted by Crippen LogP contribution is 2.21. The molecule has 0 spiro atoms. The second-order valence-electron chi connectivity index (χ2n) is 6.62. The van der Waals surface area contributed by atoms with Crippen molar-refractivity contribution in [3.8, 4) is 0 Å². The molecule has 2 heterocycles. The summed E-state index contributed by atoms with van der Waals surface area (Å²) in [6.07, 6.45) is 5.25. The maximum atomic E-state index is 5.21. The molecule has 130 valence electrons. The van der Waals surface area contributed by atoms with E-state index in [1.807, 2.05) is 13.0 Å². The van der Waals surface area contributed by atoms with Gasteiger partial charge in [-0.25, -0.2) is 0 Å². The van der Waals surface area contributed by atoms with Crippen molar-refractivity contribution >= 4 is 5.96 Å². The van der Waals surface area contributed by atoms with Gasteiger partial charge in [-0.15, -0.1) is 0 Å². The molecule has 7 heteroatoms. The third-order valence-corrected chi connectivity index (χ3v) is 4.30. The molecule has 1 atom stereocenters. The first-order chi connectivity index (χ1) is 11.5. The molecular weight excluding hydrogens is 304 g/mol. The molecule has 1 aliphatic rings. The van der Waals surface area contributed by atoms with Gasteiger partial charge in [0.15, 0.2) is 11.7 Å². The molecule has 0 amide bonds. The maximum Gasteiger partial charge on any atom is 0.191 e. The highest BCUT2D eigenvalue weighted by Gasteiger charge is 2.23. The monoisotopic (exact) mass is 330 g/mol. The second-order valence-corrected chi connectivity index (χ2v) is 6.62. The molecule has 0 radical (unpaired) electrons. The van der Waals surface area contributed by atoms with E-state index in [4.69, 9.17) is 9.62 Å². The summed E-state index contributed by atoms with van der Waals surface area (Å²) in [5.41, 5.74) is 3.46. The summed E-state index contributed by atoms with van der Waals surface area (Å²) in [5, 5.41) is 15.4. The Morgan fingerprint density at radius 1 is 1.50 bits per heavy atom. The molecule has 0 aliphatic heterocycles. The van der Waals surface area contributed by atoms with Gasteiger partial charge in [-0.05, 0) is 39.2 Å². The molecular formula is C17H26N6O. The zero-order valence-corrected chi connectivity index (χ0v) is 14.8. The summed E-state index contributed by atoms with van der Waals surface area (Å²) in [5.74, 6) is 1.58. The minimum atomic E-state index is 0.343. The van der Waals surface area contributed by atoms with Gasteiger partial charge < -0.3 is 15.2 Å². The minimum Gasteiger partial charge on any atom is -0.359 e. The van der Waals surface area contributed by atoms with Crippen LogP contribution in [0.25, 0.3) is 0 Å². The minimum absolute atomic E-state index is 0.343. The number of fused-ring (bicyclic) bond motifs is 1. The van der Waals surface area contributed by atoms with E-state index in [-0.39, 0.29) is 0 Å². The van der Waals surface area contributed by atoms with Crippen molar-refractivity contribution in [2.45, 2.75) is 58.7 Å². The zero-order chi connectivity index (χ0) is 17.1. The molecule has 0 bridgehead atoms. The van der Waals surface area contributed by atoms with Gasteiger partial charge >= 0.3 is 0 Å². The fraction of sp³-hybridized carbons (Fsp3) is 0.588. The van der Waals surface area contributed by atoms with Crippen LogP contribution >= 0.6 is 0 Å². The molecule has 7 nitrogen and oxygen atoms in total. The van der Waals surface area contributed by atoms with Crippen LogP contribution in [0.15, 0.2) is 21.8 Å². The van der Waals surface area contributed by atoms with Crippen LogP contribution in [0.1, 0.15) is 49.0 Å². The summed E-state index contributed by atoms with van der Waals surface area (Å²) < 4.78 is 7.27. The molecule has 0 aromatic carbocycles. The van der Waals surface area contributed by atoms with Crippen LogP contribution in [-0.4, -0.2) is 34.0 Å². The van der Waals surface area contributed by atoms with Gasteiger partial charge in [0, 0.05) is 37.8 Å². The Morgan fingerprint density at radius 2 is 2.33 bits per heavy atom. The quantitative estimate of drug-likeness (QED) is 0.662. The average molecular weight is 330 g/mol. The highest BCUT2D eigenvalue weighted by molar-refractivity contribution is 5.79. The summed E-state index contributed by atoms with van der Waals surface area (Å²) >= 11 is 0. The molecule has 3 rings (SSSR count). The van der Waals surface area contributed by atoms with Gasteiger partial charge in [0.05, 0.1) is 17.9 Å². The average Bonchev–Trinajstić information content (AvgIpc) is 3.17. The van der Waals surface area contributed by atoms with Crippen molar-refractivity contribution in [2.24, 2.45) is 4.99 Å². The van der Waals surface area contributed by atoms with E-state index in [1.165, 1.54) is 11.3 Å². The Hall–Kier alpha value is -2.31. The van der Waals surface area contributed by atoms with E-state index < -0.39 is 0 Å². The number of aliphatic imine (C=N–C) groups is 1. The molecule has 0 fully saturated rings. The van der Waals surface area contributed by atoms with Crippen LogP contribution < -0.4 is 10.6 Å². The maximum absolute atomic E-state index is 5.21. The van der Waals surface area contributed by atoms with Gasteiger partial charge in [-0.2, -0.15) is 5.10 Å². The lowest BCUT2D eigenvalue weighted by Gasteiger charge is -2.24. The van der Waals surface area contributed by atoms with Gasteiger partial charge in [-0.1, -0.05) is 5.16 Å². The standard InChI is InChI=1S/C17H26N6O/c1-11(2)23-10-13-5-6-14(8-16(13)21-23)20-17(18-4)19-9-15-7-12(3)22-24-15/h7,10-11,14H,5-6,8-9H2,1-4H3,(H2,18,19,20). The number of hydrogen-bond acceptors (Lipinski definition) is 4. The van der Waals surface area contributed by atoms with Crippen LogP contribution in [0.4, 0.5) is 0 Å². The van der Waals surface area contributed by atoms with Crippen LogP contribution in [-0.2, 0) is 19.4 Å². The predicted octanol–water partition coefficient (Wildman–Crippen LogP) is 1.98. The topological polar surface area (TPSA) is 80.3 Å². The lowest BCUT2D eigenvalue weighted by molar-refractivity contribution is 0.376. The van der Waals surface area contributed by atoms with Gasteiger partial charge in [0.1, 0.15) is 0 Å². The van der Waals surface area contributed by atoms with Crippen molar-refractivity contribution in [3.63, 3.8) is 0 Å². The molecule has 2 N–H and O–H groups in total. The molecule has 0 saturated carbocycles. The number of aryl methyl sites for hydroxylation is 2. The fourth-order valence-electron chi connectivity index (χ4n) is 2.96. The third kappa shape index (κ3) is 3.77. The second kappa shape index (κ2) is 7.07. The van der Waals surface area contributed by atoms with Crippen molar-refractivity contribution in [3.05, 3.63) is 35.0 Å². The first-order valence-corrected chi connectivity index (χ1v) is 8.51. The molecule has 24 heavy (non-hydrogen) atoms. The number of rotatable bonds is 4. The Labute approximate surface area is 142 Å². The molecule has 2 aromatic rings. The normalized spacial score (nSPS) is 17.9. The summed E-state index contributed by atoms with van der Waals surface area (Å²) in [4.78, 5) is 4.30. The zero-order valence-electron chi connectivity index (χ0n) is 14.8. The van der Waals surface area contributed by atoms with Crippen molar-refractivity contribution in [1.82, 2.24) is 25.6 Å². The van der Waals surface area contributed by atoms with Crippen LogP contribution in [0.5, 0.6) is 0 Å². The number of hydrogen-bond donors (Lipinski definition) is 2. The molecule has 1 aliphatic carbocycles. The fourth-order valence-corrected chi connectivity index (χ4v) is 2.96. The molecule has 1 unspecified atom stereocenters. The summed E-state index contributed by atoms with van der Waals surface area (Å²) in [6, 6.07) is 2.67. The Morgan fingerprint density at radius 3 is 3.00 bits per heavy atom. The number of nitrogens with one attached hydrogen (secondary N) is 2. The van der Waals surface area contributed by atoms with E-state index in [2.05, 4.69) is 45.5 Å². The van der Waals surface area contributed by atoms with E-state index in [0.29, 0.717) is 18.6 Å². The van der Waals surface area contributed by atoms with Crippen LogP contribution in [0.3, 0.4) is 0 Å². The highest BCUT2D eigenvalue weighted by atomic mass is 16.5. The summed E-state index contributed by atoms with van der Waals surface area (Å²) in [7, 11) is 1.78. The largest absolute Gasteiger partial charge is 0.359 e. The van der Waals surface area contributed by atoms with Gasteiger partial charge in [-0.3, -0.25) is 9.67 Å². The van der Waals surface area contributed by atoms with Gasteiger partial charge in [0.2, 0.25) is 0 Å². The lowest BCUT2D eigenvalue weighted by Crippen LogP contribution is -2.45. The Bertz CT molecular complexity index is 714. The molecule has 0 saturated heterocycles. The Balaban J connectivity index is 1.56. The van der Waals surface area contributed by atoms with Gasteiger partial charge in [0.25, 0.3) is 0 Å². The number of nitrogens with zero attached hydrogens (tertiary/aromatic N) is 4. The first-order valence-electron chi connectivity index (χ1n) is 8.51. The summed E-state index contributed by atoms with van der Waals surface area (Å²) in [6.45, 7) is 6.80. The Kier molecular flexibility index (Phi) is 4.87. The van der Waals surface area contributed by atoms with E-state index in [9.17, 15) is 0 Å². The van der Waals surface area contributed by atoms with Crippen molar-refractivity contribution < 1.29 is 4.52 Å². The van der Waals surface area contributed by atoms with Crippen molar-refractivity contribution in [1.29, 1.82) is 0 Å². The van der Waals surface area contributed by atoms with E-state index in [0.717, 1.165) is 36.7 Å². The van der Waals surface area contributed by atoms with E-state index >= 15 is 0 Å². The first kappa shape index (κ1) is 16.5. The molecule has 2 aromatic heterocycles. The van der Waals surface area contributed by atoms with Crippen LogP contribution in [0, 0.1) is 6.92 Å².